The molecule has 1 aliphatic rings. The van der Waals surface area contributed by atoms with Crippen LogP contribution in [0.3, 0.4) is 0 Å². The van der Waals surface area contributed by atoms with Crippen molar-refractivity contribution in [1.82, 2.24) is 0 Å². The highest BCUT2D eigenvalue weighted by Crippen LogP contribution is 2.40. The Balaban J connectivity index is 2.17. The molecule has 0 bridgehead atoms. The van der Waals surface area contributed by atoms with Gasteiger partial charge < -0.3 is 16.4 Å². The van der Waals surface area contributed by atoms with Crippen molar-refractivity contribution in [3.8, 4) is 0 Å². The number of nitrogens with one attached hydrogen (secondary N) is 2. The third kappa shape index (κ3) is 2.78. The van der Waals surface area contributed by atoms with E-state index >= 15 is 0 Å². The van der Waals surface area contributed by atoms with Gasteiger partial charge in [-0.2, -0.15) is 0 Å². The van der Waals surface area contributed by atoms with Crippen molar-refractivity contribution >= 4 is 40.5 Å². The van der Waals surface area contributed by atoms with Crippen molar-refractivity contribution in [2.24, 2.45) is 11.5 Å². The first kappa shape index (κ1) is 11.5. The Morgan fingerprint density at radius 3 is 2.81 bits per heavy atom. The molecule has 1 aromatic carbocycles. The van der Waals surface area contributed by atoms with E-state index in [1.165, 1.54) is 0 Å². The number of nitrogens with two attached hydrogens (primary N) is 2. The van der Waals surface area contributed by atoms with Crippen LogP contribution >= 0.6 is 24.0 Å². The summed E-state index contributed by atoms with van der Waals surface area (Å²) in [6, 6.07) is 5.95. The summed E-state index contributed by atoms with van der Waals surface area (Å²) in [5, 5.41) is 6.46. The molecule has 0 aromatic heterocycles. The predicted octanol–water partition coefficient (Wildman–Crippen LogP) is 1.42. The van der Waals surface area contributed by atoms with Crippen molar-refractivity contribution in [1.29, 1.82) is 0 Å². The highest BCUT2D eigenvalue weighted by atomic mass is 32.2. The molecule has 86 valence electrons. The van der Waals surface area contributed by atoms with Gasteiger partial charge in [-0.1, -0.05) is 6.07 Å². The van der Waals surface area contributed by atoms with Gasteiger partial charge in [0.15, 0.2) is 5.11 Å². The Hall–Kier alpha value is -0.980. The molecule has 4 nitrogen and oxygen atoms in total. The molecule has 16 heavy (non-hydrogen) atoms. The molecule has 0 spiro atoms. The van der Waals surface area contributed by atoms with Gasteiger partial charge >= 0.3 is 0 Å². The van der Waals surface area contributed by atoms with E-state index < -0.39 is 0 Å². The highest BCUT2D eigenvalue weighted by Gasteiger charge is 2.39. The van der Waals surface area contributed by atoms with Crippen molar-refractivity contribution < 1.29 is 0 Å². The Kier molecular flexibility index (Phi) is 2.96. The van der Waals surface area contributed by atoms with Gasteiger partial charge in [-0.25, -0.2) is 0 Å². The second-order valence-electron chi connectivity index (χ2n) is 3.82. The van der Waals surface area contributed by atoms with E-state index in [1.807, 2.05) is 25.1 Å². The molecule has 0 amide bonds. The molecule has 1 heterocycles. The summed E-state index contributed by atoms with van der Waals surface area (Å²) in [7, 11) is 0. The monoisotopic (exact) mass is 254 g/mol. The van der Waals surface area contributed by atoms with Crippen LogP contribution in [0.5, 0.6) is 0 Å². The molecular weight excluding hydrogens is 240 g/mol. The van der Waals surface area contributed by atoms with Gasteiger partial charge in [0.2, 0.25) is 0 Å². The third-order valence-corrected chi connectivity index (χ3v) is 3.42. The van der Waals surface area contributed by atoms with E-state index in [9.17, 15) is 0 Å². The molecule has 0 aliphatic carbocycles. The number of aryl methyl sites for hydroxylation is 1. The minimum atomic E-state index is -0.296. The van der Waals surface area contributed by atoms with Crippen molar-refractivity contribution in [3.63, 3.8) is 0 Å². The van der Waals surface area contributed by atoms with Gasteiger partial charge in [-0.3, -0.25) is 5.73 Å². The van der Waals surface area contributed by atoms with E-state index in [0.29, 0.717) is 0 Å². The van der Waals surface area contributed by atoms with E-state index in [-0.39, 0.29) is 10.1 Å². The molecular formula is C10H14N4S2. The Morgan fingerprint density at radius 2 is 2.25 bits per heavy atom. The lowest BCUT2D eigenvalue weighted by Crippen LogP contribution is -2.32. The van der Waals surface area contributed by atoms with Crippen LogP contribution in [0, 0.1) is 6.92 Å². The van der Waals surface area contributed by atoms with Crippen LogP contribution < -0.4 is 22.1 Å². The number of thioether (sulfide) groups is 1. The zero-order valence-electron chi connectivity index (χ0n) is 8.91. The first-order valence-corrected chi connectivity index (χ1v) is 6.26. The molecule has 2 rings (SSSR count). The minimum Gasteiger partial charge on any atom is -0.376 e. The van der Waals surface area contributed by atoms with Crippen molar-refractivity contribution in [3.05, 3.63) is 23.8 Å². The van der Waals surface area contributed by atoms with Crippen LogP contribution in [0.4, 0.5) is 11.4 Å². The highest BCUT2D eigenvalue weighted by molar-refractivity contribution is 8.07. The quantitative estimate of drug-likeness (QED) is 0.371. The number of thiocarbonyl (C=S) groups is 1. The summed E-state index contributed by atoms with van der Waals surface area (Å²) in [5.74, 6) is 0.930. The first-order valence-electron chi connectivity index (χ1n) is 4.87. The molecule has 6 heteroatoms. The summed E-state index contributed by atoms with van der Waals surface area (Å²) in [5.41, 5.74) is 14.4. The first-order chi connectivity index (χ1) is 7.48. The Morgan fingerprint density at radius 1 is 1.56 bits per heavy atom. The summed E-state index contributed by atoms with van der Waals surface area (Å²) >= 11 is 6.51. The van der Waals surface area contributed by atoms with Crippen LogP contribution in [0.1, 0.15) is 5.56 Å². The van der Waals surface area contributed by atoms with Crippen LogP contribution in [0.25, 0.3) is 0 Å². The molecule has 0 saturated carbocycles. The number of anilines is 2. The van der Waals surface area contributed by atoms with Crippen molar-refractivity contribution in [2.45, 2.75) is 11.9 Å². The molecule has 0 radical (unpaired) electrons. The lowest BCUT2D eigenvalue weighted by Gasteiger charge is -2.14. The Bertz CT molecular complexity index is 429. The molecule has 0 unspecified atom stereocenters. The van der Waals surface area contributed by atoms with Crippen LogP contribution in [-0.4, -0.2) is 15.9 Å². The number of hydrogen-bond donors (Lipinski definition) is 4. The van der Waals surface area contributed by atoms with Gasteiger partial charge in [0.05, 0.1) is 0 Å². The van der Waals surface area contributed by atoms with Crippen LogP contribution in [0.2, 0.25) is 0 Å². The molecule has 1 saturated heterocycles. The van der Waals surface area contributed by atoms with E-state index in [0.717, 1.165) is 22.7 Å². The SMILES string of the molecule is Cc1ccc(N[C@]2(N)CS2)cc1NC(N)=S. The van der Waals surface area contributed by atoms with Gasteiger partial charge in [0.25, 0.3) is 0 Å². The van der Waals surface area contributed by atoms with Crippen molar-refractivity contribution in [2.75, 3.05) is 16.4 Å². The lowest BCUT2D eigenvalue weighted by atomic mass is 10.2. The lowest BCUT2D eigenvalue weighted by molar-refractivity contribution is 0.872. The van der Waals surface area contributed by atoms with E-state index in [4.69, 9.17) is 23.7 Å². The molecule has 6 N–H and O–H groups in total. The minimum absolute atomic E-state index is 0.267. The molecule has 1 atom stereocenters. The van der Waals surface area contributed by atoms with Gasteiger partial charge in [-0.15, -0.1) is 11.8 Å². The zero-order chi connectivity index (χ0) is 11.8. The van der Waals surface area contributed by atoms with Gasteiger partial charge in [0.1, 0.15) is 4.99 Å². The molecule has 1 aromatic rings. The number of hydrogen-bond acceptors (Lipinski definition) is 4. The second-order valence-corrected chi connectivity index (χ2v) is 5.57. The van der Waals surface area contributed by atoms with Crippen LogP contribution in [-0.2, 0) is 0 Å². The largest absolute Gasteiger partial charge is 0.376 e. The topological polar surface area (TPSA) is 76.1 Å². The maximum absolute atomic E-state index is 5.95. The fourth-order valence-corrected chi connectivity index (χ4v) is 1.89. The van der Waals surface area contributed by atoms with E-state index in [2.05, 4.69) is 10.6 Å². The maximum atomic E-state index is 5.95. The average Bonchev–Trinajstić information content (AvgIpc) is 2.89. The number of benzene rings is 1. The second kappa shape index (κ2) is 4.12. The number of rotatable bonds is 3. The summed E-state index contributed by atoms with van der Waals surface area (Å²) in [6.07, 6.45) is 0. The molecule has 1 aliphatic heterocycles. The maximum Gasteiger partial charge on any atom is 0.168 e. The molecule has 1 fully saturated rings. The van der Waals surface area contributed by atoms with Gasteiger partial charge in [0, 0.05) is 17.1 Å². The normalized spacial score (nSPS) is 22.6. The summed E-state index contributed by atoms with van der Waals surface area (Å²) < 4.78 is 0. The zero-order valence-corrected chi connectivity index (χ0v) is 10.5. The fraction of sp³-hybridized carbons (Fsp3) is 0.300. The smallest absolute Gasteiger partial charge is 0.168 e. The van der Waals surface area contributed by atoms with Gasteiger partial charge in [-0.05, 0) is 36.8 Å². The third-order valence-electron chi connectivity index (χ3n) is 2.31. The Labute approximate surface area is 104 Å². The summed E-state index contributed by atoms with van der Waals surface area (Å²) in [6.45, 7) is 1.99. The summed E-state index contributed by atoms with van der Waals surface area (Å²) in [4.78, 5) is -0.296. The average molecular weight is 254 g/mol. The fourth-order valence-electron chi connectivity index (χ4n) is 1.36. The standard InChI is InChI=1S/C10H14N4S2/c1-6-2-3-7(14-10(12)5-16-10)4-8(6)13-9(11)15/h2-4,14H,5,12H2,1H3,(H3,11,13,15)/t10-/m1/s1. The predicted molar refractivity (Wildman–Crippen MR) is 74.6 cm³/mol. The van der Waals surface area contributed by atoms with Crippen LogP contribution in [0.15, 0.2) is 18.2 Å². The van der Waals surface area contributed by atoms with E-state index in [1.54, 1.807) is 11.8 Å².